The summed E-state index contributed by atoms with van der Waals surface area (Å²) in [4.78, 5) is -0.333. The maximum absolute atomic E-state index is 12.7. The predicted molar refractivity (Wildman–Crippen MR) is 72.0 cm³/mol. The molecule has 0 bridgehead atoms. The fraction of sp³-hybridized carbons (Fsp3) is 0.538. The average molecular weight is 322 g/mol. The van der Waals surface area contributed by atoms with Crippen LogP contribution in [0.15, 0.2) is 29.2 Å². The molecule has 0 aromatic heterocycles. The molecular formula is C13H17F3N2O2S. The van der Waals surface area contributed by atoms with E-state index in [1.807, 2.05) is 6.92 Å². The first-order chi connectivity index (χ1) is 9.62. The van der Waals surface area contributed by atoms with Gasteiger partial charge in [-0.2, -0.15) is 17.5 Å². The molecule has 1 heterocycles. The molecule has 2 unspecified atom stereocenters. The molecule has 0 radical (unpaired) electrons. The quantitative estimate of drug-likeness (QED) is 0.906. The van der Waals surface area contributed by atoms with Gasteiger partial charge in [-0.05, 0) is 30.5 Å². The minimum atomic E-state index is -4.57. The van der Waals surface area contributed by atoms with E-state index in [4.69, 9.17) is 5.73 Å². The van der Waals surface area contributed by atoms with Gasteiger partial charge in [0.1, 0.15) is 0 Å². The number of alkyl halides is 3. The van der Waals surface area contributed by atoms with Crippen molar-refractivity contribution in [1.29, 1.82) is 0 Å². The molecule has 21 heavy (non-hydrogen) atoms. The molecule has 0 amide bonds. The molecule has 1 aliphatic rings. The van der Waals surface area contributed by atoms with Crippen LogP contribution in [0.5, 0.6) is 0 Å². The van der Waals surface area contributed by atoms with Gasteiger partial charge in [-0.3, -0.25) is 0 Å². The van der Waals surface area contributed by atoms with Crippen molar-refractivity contribution in [3.63, 3.8) is 0 Å². The SMILES string of the molecule is CC1CN(S(=O)(=O)c2cccc(C(F)(F)F)c2)CCC1N. The van der Waals surface area contributed by atoms with Crippen molar-refractivity contribution in [2.45, 2.75) is 30.5 Å². The molecule has 4 nitrogen and oxygen atoms in total. The van der Waals surface area contributed by atoms with Gasteiger partial charge >= 0.3 is 6.18 Å². The Morgan fingerprint density at radius 3 is 2.57 bits per heavy atom. The van der Waals surface area contributed by atoms with Gasteiger partial charge in [0, 0.05) is 19.1 Å². The standard InChI is InChI=1S/C13H17F3N2O2S/c1-9-8-18(6-5-12(9)17)21(19,20)11-4-2-3-10(7-11)13(14,15)16/h2-4,7,9,12H,5-6,8,17H2,1H3. The summed E-state index contributed by atoms with van der Waals surface area (Å²) in [6.45, 7) is 2.28. The largest absolute Gasteiger partial charge is 0.416 e. The smallest absolute Gasteiger partial charge is 0.327 e. The van der Waals surface area contributed by atoms with Gasteiger partial charge in [-0.15, -0.1) is 0 Å². The number of hydrogen-bond donors (Lipinski definition) is 1. The lowest BCUT2D eigenvalue weighted by atomic mass is 9.96. The van der Waals surface area contributed by atoms with Gasteiger partial charge in [0.05, 0.1) is 10.5 Å². The zero-order chi connectivity index (χ0) is 15.8. The van der Waals surface area contributed by atoms with Crippen molar-refractivity contribution in [3.05, 3.63) is 29.8 Å². The van der Waals surface area contributed by atoms with Gasteiger partial charge in [-0.1, -0.05) is 13.0 Å². The summed E-state index contributed by atoms with van der Waals surface area (Å²) in [5.41, 5.74) is 4.87. The second-order valence-electron chi connectivity index (χ2n) is 5.32. The highest BCUT2D eigenvalue weighted by molar-refractivity contribution is 7.89. The van der Waals surface area contributed by atoms with E-state index in [2.05, 4.69) is 0 Å². The number of nitrogens with two attached hydrogens (primary N) is 1. The van der Waals surface area contributed by atoms with Crippen molar-refractivity contribution < 1.29 is 21.6 Å². The van der Waals surface area contributed by atoms with Gasteiger partial charge in [0.2, 0.25) is 10.0 Å². The molecule has 0 spiro atoms. The summed E-state index contributed by atoms with van der Waals surface area (Å²) >= 11 is 0. The number of rotatable bonds is 2. The Hall–Kier alpha value is -1.12. The van der Waals surface area contributed by atoms with E-state index in [0.717, 1.165) is 12.1 Å². The summed E-state index contributed by atoms with van der Waals surface area (Å²) in [7, 11) is -3.92. The highest BCUT2D eigenvalue weighted by atomic mass is 32.2. The van der Waals surface area contributed by atoms with E-state index in [9.17, 15) is 21.6 Å². The topological polar surface area (TPSA) is 63.4 Å². The van der Waals surface area contributed by atoms with Crippen LogP contribution in [-0.4, -0.2) is 31.9 Å². The van der Waals surface area contributed by atoms with Crippen LogP contribution in [0, 0.1) is 5.92 Å². The van der Waals surface area contributed by atoms with E-state index in [1.54, 1.807) is 0 Å². The number of halogens is 3. The highest BCUT2D eigenvalue weighted by Gasteiger charge is 2.35. The number of sulfonamides is 1. The minimum Gasteiger partial charge on any atom is -0.327 e. The number of benzene rings is 1. The summed E-state index contributed by atoms with van der Waals surface area (Å²) in [6, 6.07) is 3.74. The Bertz CT molecular complexity index is 616. The Kier molecular flexibility index (Phi) is 4.32. The van der Waals surface area contributed by atoms with Crippen LogP contribution in [0.3, 0.4) is 0 Å². The van der Waals surface area contributed by atoms with Crippen molar-refractivity contribution in [3.8, 4) is 0 Å². The van der Waals surface area contributed by atoms with Crippen molar-refractivity contribution in [2.75, 3.05) is 13.1 Å². The molecule has 1 aliphatic heterocycles. The lowest BCUT2D eigenvalue weighted by Gasteiger charge is -2.34. The number of hydrogen-bond acceptors (Lipinski definition) is 3. The molecule has 0 aliphatic carbocycles. The van der Waals surface area contributed by atoms with Crippen LogP contribution in [0.1, 0.15) is 18.9 Å². The van der Waals surface area contributed by atoms with Crippen LogP contribution in [0.25, 0.3) is 0 Å². The van der Waals surface area contributed by atoms with Gasteiger partial charge in [-0.25, -0.2) is 8.42 Å². The second-order valence-corrected chi connectivity index (χ2v) is 7.26. The Labute approximate surface area is 121 Å². The van der Waals surface area contributed by atoms with Crippen LogP contribution in [0.4, 0.5) is 13.2 Å². The Morgan fingerprint density at radius 1 is 1.33 bits per heavy atom. The third-order valence-electron chi connectivity index (χ3n) is 3.73. The van der Waals surface area contributed by atoms with Crippen molar-refractivity contribution in [1.82, 2.24) is 4.31 Å². The lowest BCUT2D eigenvalue weighted by Crippen LogP contribution is -2.48. The maximum atomic E-state index is 12.7. The van der Waals surface area contributed by atoms with Crippen molar-refractivity contribution >= 4 is 10.0 Å². The molecule has 2 atom stereocenters. The molecule has 1 fully saturated rings. The van der Waals surface area contributed by atoms with Crippen LogP contribution in [-0.2, 0) is 16.2 Å². The summed E-state index contributed by atoms with van der Waals surface area (Å²) < 4.78 is 64.1. The number of nitrogens with zero attached hydrogens (tertiary/aromatic N) is 1. The highest BCUT2D eigenvalue weighted by Crippen LogP contribution is 2.31. The molecule has 0 saturated carbocycles. The van der Waals surface area contributed by atoms with E-state index in [-0.39, 0.29) is 29.9 Å². The monoisotopic (exact) mass is 322 g/mol. The van der Waals surface area contributed by atoms with Gasteiger partial charge in [0.25, 0.3) is 0 Å². The Morgan fingerprint density at radius 2 is 2.00 bits per heavy atom. The molecule has 118 valence electrons. The number of piperidine rings is 1. The van der Waals surface area contributed by atoms with E-state index in [1.165, 1.54) is 10.4 Å². The van der Waals surface area contributed by atoms with Gasteiger partial charge < -0.3 is 5.73 Å². The van der Waals surface area contributed by atoms with E-state index >= 15 is 0 Å². The van der Waals surface area contributed by atoms with E-state index in [0.29, 0.717) is 12.5 Å². The third-order valence-corrected chi connectivity index (χ3v) is 5.59. The first-order valence-corrected chi connectivity index (χ1v) is 7.99. The minimum absolute atomic E-state index is 0.0284. The van der Waals surface area contributed by atoms with Crippen molar-refractivity contribution in [2.24, 2.45) is 11.7 Å². The zero-order valence-corrected chi connectivity index (χ0v) is 12.3. The fourth-order valence-corrected chi connectivity index (χ4v) is 3.93. The summed E-state index contributed by atoms with van der Waals surface area (Å²) in [6.07, 6.45) is -4.07. The summed E-state index contributed by atoms with van der Waals surface area (Å²) in [5.74, 6) is -0.0284. The van der Waals surface area contributed by atoms with Crippen LogP contribution >= 0.6 is 0 Å². The average Bonchev–Trinajstić information content (AvgIpc) is 2.41. The third kappa shape index (κ3) is 3.38. The predicted octanol–water partition coefficient (Wildman–Crippen LogP) is 2.06. The maximum Gasteiger partial charge on any atom is 0.416 e. The molecule has 2 rings (SSSR count). The molecule has 2 N–H and O–H groups in total. The Balaban J connectivity index is 2.32. The fourth-order valence-electron chi connectivity index (χ4n) is 2.33. The summed E-state index contributed by atoms with van der Waals surface area (Å²) in [5, 5.41) is 0. The lowest BCUT2D eigenvalue weighted by molar-refractivity contribution is -0.137. The second kappa shape index (κ2) is 5.58. The van der Waals surface area contributed by atoms with Gasteiger partial charge in [0.15, 0.2) is 0 Å². The van der Waals surface area contributed by atoms with E-state index < -0.39 is 21.8 Å². The molecular weight excluding hydrogens is 305 g/mol. The van der Waals surface area contributed by atoms with Crippen LogP contribution < -0.4 is 5.73 Å². The molecule has 1 aromatic carbocycles. The zero-order valence-electron chi connectivity index (χ0n) is 11.5. The molecule has 1 saturated heterocycles. The molecule has 1 aromatic rings. The van der Waals surface area contributed by atoms with Crippen LogP contribution in [0.2, 0.25) is 0 Å². The first kappa shape index (κ1) is 16.3. The normalized spacial score (nSPS) is 25.0. The first-order valence-electron chi connectivity index (χ1n) is 6.55. The molecule has 8 heteroatoms.